The maximum atomic E-state index is 15.3. The average Bonchev–Trinajstić information content (AvgIpc) is 3.01. The second-order valence-corrected chi connectivity index (χ2v) is 11.1. The molecule has 1 N–H and O–H groups in total. The Morgan fingerprint density at radius 1 is 0.628 bits per heavy atom. The van der Waals surface area contributed by atoms with Crippen LogP contribution in [0, 0.1) is 24.4 Å². The maximum Gasteiger partial charge on any atom is 0.252 e. The number of rotatable bonds is 3. The monoisotopic (exact) mass is 564 g/mol. The summed E-state index contributed by atoms with van der Waals surface area (Å²) in [7, 11) is 0. The Kier molecular flexibility index (Phi) is 5.73. The van der Waals surface area contributed by atoms with E-state index in [1.54, 1.807) is 6.07 Å². The molecule has 2 heterocycles. The van der Waals surface area contributed by atoms with E-state index >= 15 is 8.78 Å². The van der Waals surface area contributed by atoms with Crippen LogP contribution in [0.3, 0.4) is 0 Å². The van der Waals surface area contributed by atoms with Crippen LogP contribution in [-0.2, 0) is 0 Å². The highest BCUT2D eigenvalue weighted by Gasteiger charge is 2.41. The highest BCUT2D eigenvalue weighted by Crippen LogP contribution is 2.44. The molecule has 0 bridgehead atoms. The van der Waals surface area contributed by atoms with Crippen LogP contribution in [0.15, 0.2) is 121 Å². The quantitative estimate of drug-likeness (QED) is 0.218. The fourth-order valence-electron chi connectivity index (χ4n) is 6.78. The fourth-order valence-corrected chi connectivity index (χ4v) is 6.78. The van der Waals surface area contributed by atoms with Crippen molar-refractivity contribution in [2.24, 2.45) is 0 Å². The second kappa shape index (κ2) is 9.67. The average molecular weight is 564 g/mol. The molecule has 2 aliphatic rings. The van der Waals surface area contributed by atoms with Crippen LogP contribution in [0.2, 0.25) is 0 Å². The number of fused-ring (bicyclic) bond motifs is 4. The number of nitrogens with zero attached hydrogens (tertiary/aromatic N) is 1. The number of halogens is 3. The Labute approximate surface area is 248 Å². The molecule has 6 heteroatoms. The zero-order valence-corrected chi connectivity index (χ0v) is 23.2. The van der Waals surface area contributed by atoms with Crippen molar-refractivity contribution in [3.63, 3.8) is 0 Å². The maximum absolute atomic E-state index is 15.3. The largest absolute Gasteiger partial charge is 0.356 e. The third-order valence-electron chi connectivity index (χ3n) is 8.59. The van der Waals surface area contributed by atoms with Gasteiger partial charge in [-0.2, -0.15) is 0 Å². The molecule has 0 saturated carbocycles. The van der Waals surface area contributed by atoms with Gasteiger partial charge in [-0.25, -0.2) is 13.2 Å². The standard InChI is InChI=1S/C37H24BF3N2/c1-22-10-5-6-13-26(22)27-14-9-16-29-37(27)42-32-18-23(35-30(40)20-24(39)21-31(35)41)19-34-36(32)38(29)28-15-7-8-17-33(28)43(34)25-11-3-2-4-12-25/h2-21,42H,1H3. The summed E-state index contributed by atoms with van der Waals surface area (Å²) in [5.41, 5.74) is 11.1. The van der Waals surface area contributed by atoms with Crippen LogP contribution in [0.5, 0.6) is 0 Å². The van der Waals surface area contributed by atoms with Gasteiger partial charge in [0.05, 0.1) is 5.56 Å². The first kappa shape index (κ1) is 25.5. The predicted molar refractivity (Wildman–Crippen MR) is 171 cm³/mol. The Morgan fingerprint density at radius 2 is 1.30 bits per heavy atom. The van der Waals surface area contributed by atoms with Crippen LogP contribution in [-0.4, -0.2) is 6.71 Å². The summed E-state index contributed by atoms with van der Waals surface area (Å²) in [6.45, 7) is 1.97. The SMILES string of the molecule is Cc1ccccc1-c1cccc2c1Nc1cc(-c3c(F)cc(F)cc3F)cc3c1B2c1ccccc1N3c1ccccc1. The van der Waals surface area contributed by atoms with Gasteiger partial charge < -0.3 is 10.2 Å². The molecule has 0 radical (unpaired) electrons. The molecule has 0 aromatic heterocycles. The van der Waals surface area contributed by atoms with E-state index in [9.17, 15) is 4.39 Å². The number of para-hydroxylation sites is 3. The van der Waals surface area contributed by atoms with E-state index in [-0.39, 0.29) is 12.3 Å². The molecule has 2 aliphatic heterocycles. The van der Waals surface area contributed by atoms with Crippen LogP contribution < -0.4 is 26.6 Å². The minimum atomic E-state index is -0.951. The van der Waals surface area contributed by atoms with Gasteiger partial charge in [-0.15, -0.1) is 0 Å². The van der Waals surface area contributed by atoms with E-state index in [1.807, 2.05) is 54.6 Å². The molecule has 6 aromatic rings. The van der Waals surface area contributed by atoms with Crippen LogP contribution in [0.1, 0.15) is 5.56 Å². The van der Waals surface area contributed by atoms with Crippen molar-refractivity contribution < 1.29 is 13.2 Å². The Balaban J connectivity index is 1.46. The summed E-state index contributed by atoms with van der Waals surface area (Å²) in [6, 6.07) is 38.0. The minimum Gasteiger partial charge on any atom is -0.356 e. The second-order valence-electron chi connectivity index (χ2n) is 11.1. The summed E-state index contributed by atoms with van der Waals surface area (Å²) in [6.07, 6.45) is 0. The topological polar surface area (TPSA) is 15.3 Å². The minimum absolute atomic E-state index is 0.127. The summed E-state index contributed by atoms with van der Waals surface area (Å²) >= 11 is 0. The Morgan fingerprint density at radius 3 is 2.09 bits per heavy atom. The lowest BCUT2D eigenvalue weighted by molar-refractivity contribution is 0.548. The van der Waals surface area contributed by atoms with Crippen molar-refractivity contribution in [2.75, 3.05) is 10.2 Å². The molecule has 0 amide bonds. The van der Waals surface area contributed by atoms with Crippen LogP contribution >= 0.6 is 0 Å². The first-order chi connectivity index (χ1) is 21.0. The van der Waals surface area contributed by atoms with Crippen molar-refractivity contribution in [1.82, 2.24) is 0 Å². The highest BCUT2D eigenvalue weighted by molar-refractivity contribution is 7.00. The highest BCUT2D eigenvalue weighted by atomic mass is 19.1. The molecule has 2 nitrogen and oxygen atoms in total. The third kappa shape index (κ3) is 3.90. The summed E-state index contributed by atoms with van der Waals surface area (Å²) in [5, 5.41) is 3.69. The lowest BCUT2D eigenvalue weighted by atomic mass is 9.33. The Bertz CT molecular complexity index is 2050. The number of hydrogen-bond donors (Lipinski definition) is 1. The van der Waals surface area contributed by atoms with Gasteiger partial charge >= 0.3 is 0 Å². The van der Waals surface area contributed by atoms with Gasteiger partial charge in [0.25, 0.3) is 6.71 Å². The lowest BCUT2D eigenvalue weighted by Gasteiger charge is -2.41. The molecule has 0 unspecified atom stereocenters. The van der Waals surface area contributed by atoms with Gasteiger partial charge in [0.1, 0.15) is 17.5 Å². The van der Waals surface area contributed by atoms with E-state index in [1.165, 1.54) is 0 Å². The van der Waals surface area contributed by atoms with Crippen LogP contribution in [0.25, 0.3) is 22.3 Å². The van der Waals surface area contributed by atoms with Gasteiger partial charge in [-0.3, -0.25) is 0 Å². The molecule has 0 saturated heterocycles. The van der Waals surface area contributed by atoms with Crippen molar-refractivity contribution in [2.45, 2.75) is 6.92 Å². The van der Waals surface area contributed by atoms with Crippen molar-refractivity contribution in [3.05, 3.63) is 144 Å². The molecule has 8 rings (SSSR count). The summed E-state index contributed by atoms with van der Waals surface area (Å²) in [4.78, 5) is 2.14. The molecule has 0 atom stereocenters. The van der Waals surface area contributed by atoms with E-state index in [4.69, 9.17) is 0 Å². The summed E-state index contributed by atoms with van der Waals surface area (Å²) in [5.74, 6) is -2.84. The molecule has 0 aliphatic carbocycles. The third-order valence-corrected chi connectivity index (χ3v) is 8.59. The first-order valence-electron chi connectivity index (χ1n) is 14.2. The predicted octanol–water partition coefficient (Wildman–Crippen LogP) is 8.10. The number of benzene rings is 6. The smallest absolute Gasteiger partial charge is 0.252 e. The van der Waals surface area contributed by atoms with E-state index in [0.717, 1.165) is 73.6 Å². The molecule has 43 heavy (non-hydrogen) atoms. The van der Waals surface area contributed by atoms with Gasteiger partial charge in [0.15, 0.2) is 0 Å². The van der Waals surface area contributed by atoms with Gasteiger partial charge in [0.2, 0.25) is 0 Å². The molecular weight excluding hydrogens is 540 g/mol. The molecular formula is C37H24BF3N2. The van der Waals surface area contributed by atoms with Crippen LogP contribution in [0.4, 0.5) is 41.6 Å². The van der Waals surface area contributed by atoms with Crippen molar-refractivity contribution in [1.29, 1.82) is 0 Å². The molecule has 0 spiro atoms. The number of hydrogen-bond acceptors (Lipinski definition) is 2. The van der Waals surface area contributed by atoms with E-state index in [0.29, 0.717) is 5.56 Å². The van der Waals surface area contributed by atoms with E-state index < -0.39 is 17.5 Å². The fraction of sp³-hybridized carbons (Fsp3) is 0.0270. The van der Waals surface area contributed by atoms with Gasteiger partial charge in [0, 0.05) is 46.1 Å². The number of aryl methyl sites for hydroxylation is 1. The summed E-state index contributed by atoms with van der Waals surface area (Å²) < 4.78 is 44.5. The molecule has 0 fully saturated rings. The van der Waals surface area contributed by atoms with E-state index in [2.05, 4.69) is 65.7 Å². The van der Waals surface area contributed by atoms with Crippen molar-refractivity contribution >= 4 is 51.5 Å². The lowest BCUT2D eigenvalue weighted by Crippen LogP contribution is -2.60. The first-order valence-corrected chi connectivity index (χ1v) is 14.2. The number of nitrogens with one attached hydrogen (secondary N) is 1. The normalized spacial score (nSPS) is 12.7. The van der Waals surface area contributed by atoms with Gasteiger partial charge in [-0.1, -0.05) is 78.9 Å². The number of anilines is 5. The van der Waals surface area contributed by atoms with Crippen molar-refractivity contribution in [3.8, 4) is 22.3 Å². The zero-order chi connectivity index (χ0) is 29.2. The van der Waals surface area contributed by atoms with Gasteiger partial charge in [-0.05, 0) is 70.3 Å². The molecule has 206 valence electrons. The zero-order valence-electron chi connectivity index (χ0n) is 23.2. The Hall–Kier alpha value is -5.23. The molecule has 6 aromatic carbocycles.